The van der Waals surface area contributed by atoms with E-state index < -0.39 is 6.03 Å². The SMILES string of the molecule is Cn1ccc(NC(=O)Nc2cccc(C(=O)Nc3cccc(C#N)c3)c2)n1. The molecule has 0 saturated heterocycles. The van der Waals surface area contributed by atoms with Crippen LogP contribution in [0.4, 0.5) is 22.0 Å². The summed E-state index contributed by atoms with van der Waals surface area (Å²) in [4.78, 5) is 24.4. The third-order valence-corrected chi connectivity index (χ3v) is 3.59. The summed E-state index contributed by atoms with van der Waals surface area (Å²) in [6.45, 7) is 0. The number of hydrogen-bond acceptors (Lipinski definition) is 4. The number of carbonyl (C=O) groups excluding carboxylic acids is 2. The van der Waals surface area contributed by atoms with Gasteiger partial charge >= 0.3 is 6.03 Å². The summed E-state index contributed by atoms with van der Waals surface area (Å²) in [5, 5.41) is 21.0. The molecule has 0 aliphatic rings. The number of rotatable bonds is 4. The second-order valence-corrected chi connectivity index (χ2v) is 5.68. The fourth-order valence-corrected chi connectivity index (χ4v) is 2.37. The third-order valence-electron chi connectivity index (χ3n) is 3.59. The molecule has 3 aromatic rings. The van der Waals surface area contributed by atoms with E-state index in [1.807, 2.05) is 6.07 Å². The van der Waals surface area contributed by atoms with Crippen LogP contribution in [0.15, 0.2) is 60.8 Å². The molecule has 0 aliphatic carbocycles. The van der Waals surface area contributed by atoms with Gasteiger partial charge in [0, 0.05) is 36.2 Å². The zero-order valence-corrected chi connectivity index (χ0v) is 14.4. The number of amides is 3. The van der Waals surface area contributed by atoms with Crippen LogP contribution < -0.4 is 16.0 Å². The molecule has 0 fully saturated rings. The summed E-state index contributed by atoms with van der Waals surface area (Å²) in [5.74, 6) is 0.0696. The number of nitriles is 1. The molecule has 0 radical (unpaired) electrons. The maximum Gasteiger partial charge on any atom is 0.324 e. The number of benzene rings is 2. The van der Waals surface area contributed by atoms with E-state index in [9.17, 15) is 9.59 Å². The lowest BCUT2D eigenvalue weighted by Gasteiger charge is -2.09. The molecule has 0 spiro atoms. The molecule has 0 unspecified atom stereocenters. The van der Waals surface area contributed by atoms with E-state index in [0.717, 1.165) is 0 Å². The summed E-state index contributed by atoms with van der Waals surface area (Å²) >= 11 is 0. The summed E-state index contributed by atoms with van der Waals surface area (Å²) in [7, 11) is 1.75. The van der Waals surface area contributed by atoms with Crippen LogP contribution in [-0.2, 0) is 7.05 Å². The van der Waals surface area contributed by atoms with Gasteiger partial charge in [0.15, 0.2) is 5.82 Å². The summed E-state index contributed by atoms with van der Waals surface area (Å²) in [6.07, 6.45) is 1.71. The Balaban J connectivity index is 1.66. The fourth-order valence-electron chi connectivity index (χ4n) is 2.37. The van der Waals surface area contributed by atoms with Gasteiger partial charge in [-0.15, -0.1) is 0 Å². The van der Waals surface area contributed by atoms with Crippen molar-refractivity contribution in [3.05, 3.63) is 71.9 Å². The highest BCUT2D eigenvalue weighted by Crippen LogP contribution is 2.15. The molecular formula is C19H16N6O2. The number of aryl methyl sites for hydroxylation is 1. The molecule has 0 atom stereocenters. The van der Waals surface area contributed by atoms with Crippen molar-refractivity contribution in [3.63, 3.8) is 0 Å². The molecule has 1 aromatic heterocycles. The highest BCUT2D eigenvalue weighted by Gasteiger charge is 2.09. The second kappa shape index (κ2) is 7.84. The Bertz CT molecular complexity index is 1030. The Morgan fingerprint density at radius 1 is 1.00 bits per heavy atom. The van der Waals surface area contributed by atoms with Gasteiger partial charge in [-0.25, -0.2) is 4.79 Å². The number of nitrogens with one attached hydrogen (secondary N) is 3. The van der Waals surface area contributed by atoms with Gasteiger partial charge in [0.05, 0.1) is 11.6 Å². The molecule has 134 valence electrons. The molecule has 3 N–H and O–H groups in total. The summed E-state index contributed by atoms with van der Waals surface area (Å²) in [5.41, 5.74) is 1.80. The van der Waals surface area contributed by atoms with Gasteiger partial charge in [0.2, 0.25) is 0 Å². The lowest BCUT2D eigenvalue weighted by atomic mass is 10.1. The van der Waals surface area contributed by atoms with E-state index in [0.29, 0.717) is 28.3 Å². The molecule has 27 heavy (non-hydrogen) atoms. The van der Waals surface area contributed by atoms with Crippen LogP contribution in [0.2, 0.25) is 0 Å². The van der Waals surface area contributed by atoms with Crippen molar-refractivity contribution >= 4 is 29.1 Å². The zero-order chi connectivity index (χ0) is 19.2. The van der Waals surface area contributed by atoms with E-state index in [-0.39, 0.29) is 5.91 Å². The van der Waals surface area contributed by atoms with Crippen LogP contribution >= 0.6 is 0 Å². The van der Waals surface area contributed by atoms with Crippen LogP contribution in [0, 0.1) is 11.3 Å². The van der Waals surface area contributed by atoms with Crippen molar-refractivity contribution in [2.75, 3.05) is 16.0 Å². The summed E-state index contributed by atoms with van der Waals surface area (Å²) in [6, 6.07) is 16.4. The molecule has 8 heteroatoms. The van der Waals surface area contributed by atoms with Crippen LogP contribution in [0.5, 0.6) is 0 Å². The molecular weight excluding hydrogens is 344 g/mol. The Hall–Kier alpha value is -4.12. The standard InChI is InChI=1S/C19H16N6O2/c1-25-9-8-17(24-25)23-19(27)22-16-7-3-5-14(11-16)18(26)21-15-6-2-4-13(10-15)12-20/h2-11H,1H3,(H,21,26)(H2,22,23,24,27). The maximum absolute atomic E-state index is 12.4. The minimum absolute atomic E-state index is 0.348. The van der Waals surface area contributed by atoms with Crippen molar-refractivity contribution < 1.29 is 9.59 Å². The molecule has 3 amide bonds. The number of nitrogens with zero attached hydrogens (tertiary/aromatic N) is 3. The zero-order valence-electron chi connectivity index (χ0n) is 14.4. The van der Waals surface area contributed by atoms with Gasteiger partial charge in [0.1, 0.15) is 0 Å². The average Bonchev–Trinajstić information content (AvgIpc) is 3.06. The van der Waals surface area contributed by atoms with Crippen molar-refractivity contribution in [1.29, 1.82) is 5.26 Å². The first-order valence-electron chi connectivity index (χ1n) is 8.03. The van der Waals surface area contributed by atoms with Crippen LogP contribution in [-0.4, -0.2) is 21.7 Å². The van der Waals surface area contributed by atoms with Gasteiger partial charge in [0.25, 0.3) is 5.91 Å². The number of hydrogen-bond donors (Lipinski definition) is 3. The monoisotopic (exact) mass is 360 g/mol. The van der Waals surface area contributed by atoms with E-state index in [4.69, 9.17) is 5.26 Å². The van der Waals surface area contributed by atoms with Crippen molar-refractivity contribution in [3.8, 4) is 6.07 Å². The quantitative estimate of drug-likeness (QED) is 0.663. The van der Waals surface area contributed by atoms with Crippen LogP contribution in [0.25, 0.3) is 0 Å². The smallest absolute Gasteiger partial charge is 0.322 e. The van der Waals surface area contributed by atoms with E-state index in [1.54, 1.807) is 72.5 Å². The van der Waals surface area contributed by atoms with Gasteiger partial charge in [-0.3, -0.25) is 14.8 Å². The van der Waals surface area contributed by atoms with Gasteiger partial charge in [-0.2, -0.15) is 10.4 Å². The van der Waals surface area contributed by atoms with E-state index in [2.05, 4.69) is 21.0 Å². The second-order valence-electron chi connectivity index (χ2n) is 5.68. The first-order valence-corrected chi connectivity index (χ1v) is 8.03. The minimum atomic E-state index is -0.465. The van der Waals surface area contributed by atoms with Crippen LogP contribution in [0.3, 0.4) is 0 Å². The number of aromatic nitrogens is 2. The third kappa shape index (κ3) is 4.70. The maximum atomic E-state index is 12.4. The molecule has 8 nitrogen and oxygen atoms in total. The molecule has 2 aromatic carbocycles. The van der Waals surface area contributed by atoms with Gasteiger partial charge in [-0.05, 0) is 36.4 Å². The van der Waals surface area contributed by atoms with Crippen molar-refractivity contribution in [1.82, 2.24) is 9.78 Å². The van der Waals surface area contributed by atoms with Gasteiger partial charge < -0.3 is 10.6 Å². The topological polar surface area (TPSA) is 112 Å². The molecule has 3 rings (SSSR count). The Kier molecular flexibility index (Phi) is 5.14. The summed E-state index contributed by atoms with van der Waals surface area (Å²) < 4.78 is 1.57. The van der Waals surface area contributed by atoms with E-state index >= 15 is 0 Å². The number of urea groups is 1. The number of carbonyl (C=O) groups is 2. The lowest BCUT2D eigenvalue weighted by molar-refractivity contribution is 0.102. The van der Waals surface area contributed by atoms with Crippen LogP contribution in [0.1, 0.15) is 15.9 Å². The normalized spacial score (nSPS) is 9.93. The first-order chi connectivity index (χ1) is 13.0. The number of anilines is 3. The Morgan fingerprint density at radius 2 is 1.74 bits per heavy atom. The molecule has 0 bridgehead atoms. The highest BCUT2D eigenvalue weighted by molar-refractivity contribution is 6.06. The predicted molar refractivity (Wildman–Crippen MR) is 101 cm³/mol. The van der Waals surface area contributed by atoms with Crippen molar-refractivity contribution in [2.45, 2.75) is 0 Å². The molecule has 0 aliphatic heterocycles. The minimum Gasteiger partial charge on any atom is -0.322 e. The van der Waals surface area contributed by atoms with Gasteiger partial charge in [-0.1, -0.05) is 12.1 Å². The first kappa shape index (κ1) is 17.7. The highest BCUT2D eigenvalue weighted by atomic mass is 16.2. The molecule has 1 heterocycles. The van der Waals surface area contributed by atoms with E-state index in [1.165, 1.54) is 0 Å². The lowest BCUT2D eigenvalue weighted by Crippen LogP contribution is -2.20. The average molecular weight is 360 g/mol. The Morgan fingerprint density at radius 3 is 2.44 bits per heavy atom. The molecule has 0 saturated carbocycles. The fraction of sp³-hybridized carbons (Fsp3) is 0.0526. The van der Waals surface area contributed by atoms with Crippen molar-refractivity contribution in [2.24, 2.45) is 7.05 Å². The predicted octanol–water partition coefficient (Wildman–Crippen LogP) is 3.19. The largest absolute Gasteiger partial charge is 0.324 e. The Labute approximate surface area is 155 Å².